The van der Waals surface area contributed by atoms with E-state index in [9.17, 15) is 40.8 Å². The number of pyridine rings is 1. The number of carbonyl (C=O) groups is 4. The SMILES string of the molecule is CCOc1cc2ccnc(O[C@@H]3C[C@H]4C(=O)N[C@]5(C(=O)NS(=O)(=O)C6(C)CC6)C[C@H]5/C=C\CC[C@H](C)C[C@@H](C)[C@H](NC(=O)OCC(F)(F)F)C(=O)N4C3)c2cc1F. The Kier molecular flexibility index (Phi) is 11.7. The van der Waals surface area contributed by atoms with Gasteiger partial charge in [-0.25, -0.2) is 22.6 Å². The summed E-state index contributed by atoms with van der Waals surface area (Å²) in [6.45, 7) is 4.82. The minimum Gasteiger partial charge on any atom is -0.491 e. The fraction of sp³-hybridized carbons (Fsp3) is 0.605. The zero-order valence-corrected chi connectivity index (χ0v) is 32.8. The van der Waals surface area contributed by atoms with Gasteiger partial charge in [-0.3, -0.25) is 19.1 Å². The molecule has 1 aromatic heterocycles. The predicted octanol–water partition coefficient (Wildman–Crippen LogP) is 4.66. The van der Waals surface area contributed by atoms with Gasteiger partial charge < -0.3 is 29.7 Å². The van der Waals surface area contributed by atoms with E-state index < -0.39 is 92.7 Å². The largest absolute Gasteiger partial charge is 0.491 e. The van der Waals surface area contributed by atoms with E-state index in [1.807, 2.05) is 13.0 Å². The highest BCUT2D eigenvalue weighted by Crippen LogP contribution is 2.47. The minimum atomic E-state index is -4.83. The molecule has 2 aromatic rings. The molecule has 3 heterocycles. The molecule has 3 N–H and O–H groups in total. The second-order valence-electron chi connectivity index (χ2n) is 15.8. The van der Waals surface area contributed by atoms with Gasteiger partial charge in [0, 0.05) is 23.9 Å². The molecule has 0 radical (unpaired) electrons. The molecule has 2 aliphatic heterocycles. The number of ether oxygens (including phenoxy) is 3. The van der Waals surface area contributed by atoms with Crippen molar-refractivity contribution in [3.8, 4) is 11.6 Å². The number of carbonyl (C=O) groups excluding carboxylic acids is 4. The molecule has 14 nitrogen and oxygen atoms in total. The van der Waals surface area contributed by atoms with Crippen molar-refractivity contribution >= 4 is 44.6 Å². The van der Waals surface area contributed by atoms with E-state index in [1.165, 1.54) is 25.3 Å². The first-order chi connectivity index (χ1) is 26.8. The lowest BCUT2D eigenvalue weighted by atomic mass is 9.88. The van der Waals surface area contributed by atoms with Crippen LogP contribution in [0, 0.1) is 23.6 Å². The van der Waals surface area contributed by atoms with E-state index in [0.717, 1.165) is 4.90 Å². The fourth-order valence-corrected chi connectivity index (χ4v) is 8.89. The summed E-state index contributed by atoms with van der Waals surface area (Å²) in [5.74, 6) is -4.56. The zero-order valence-electron chi connectivity index (χ0n) is 32.0. The summed E-state index contributed by atoms with van der Waals surface area (Å²) >= 11 is 0. The average Bonchev–Trinajstić information content (AvgIpc) is 4.01. The van der Waals surface area contributed by atoms with Crippen LogP contribution in [0.1, 0.15) is 72.6 Å². The maximum absolute atomic E-state index is 15.0. The molecular weight excluding hydrogens is 779 g/mol. The van der Waals surface area contributed by atoms with Gasteiger partial charge >= 0.3 is 12.3 Å². The van der Waals surface area contributed by atoms with Crippen LogP contribution in [-0.4, -0.2) is 96.5 Å². The number of sulfonamides is 1. The first-order valence-corrected chi connectivity index (χ1v) is 20.5. The molecular formula is C38H47F4N5O9S. The van der Waals surface area contributed by atoms with Gasteiger partial charge in [0.05, 0.1) is 17.9 Å². The Morgan fingerprint density at radius 2 is 1.88 bits per heavy atom. The summed E-state index contributed by atoms with van der Waals surface area (Å²) in [6, 6.07) is 1.44. The Morgan fingerprint density at radius 1 is 1.14 bits per heavy atom. The van der Waals surface area contributed by atoms with Gasteiger partial charge in [0.1, 0.15) is 23.7 Å². The summed E-state index contributed by atoms with van der Waals surface area (Å²) in [5, 5.41) is 5.82. The summed E-state index contributed by atoms with van der Waals surface area (Å²) in [4.78, 5) is 60.9. The summed E-state index contributed by atoms with van der Waals surface area (Å²) < 4.78 is 97.2. The monoisotopic (exact) mass is 825 g/mol. The van der Waals surface area contributed by atoms with Crippen LogP contribution >= 0.6 is 0 Å². The van der Waals surface area contributed by atoms with Crippen molar-refractivity contribution in [2.75, 3.05) is 19.8 Å². The fourth-order valence-electron chi connectivity index (χ4n) is 7.58. The lowest BCUT2D eigenvalue weighted by Gasteiger charge is -2.32. The van der Waals surface area contributed by atoms with Crippen molar-refractivity contribution < 1.29 is 59.4 Å². The molecule has 57 heavy (non-hydrogen) atoms. The van der Waals surface area contributed by atoms with Crippen LogP contribution in [0.3, 0.4) is 0 Å². The Hall–Kier alpha value is -4.68. The molecule has 2 aliphatic carbocycles. The van der Waals surface area contributed by atoms with Gasteiger partial charge in [-0.1, -0.05) is 26.0 Å². The normalized spacial score (nSPS) is 29.4. The molecule has 0 spiro atoms. The summed E-state index contributed by atoms with van der Waals surface area (Å²) in [7, 11) is -4.10. The van der Waals surface area contributed by atoms with E-state index in [1.54, 1.807) is 26.0 Å². The third-order valence-corrected chi connectivity index (χ3v) is 13.4. The van der Waals surface area contributed by atoms with E-state index in [2.05, 4.69) is 25.1 Å². The predicted molar refractivity (Wildman–Crippen MR) is 197 cm³/mol. The van der Waals surface area contributed by atoms with E-state index >= 15 is 4.39 Å². The Balaban J connectivity index is 1.34. The number of amides is 4. The Bertz CT molecular complexity index is 2050. The van der Waals surface area contributed by atoms with Gasteiger partial charge in [0.2, 0.25) is 27.7 Å². The second kappa shape index (κ2) is 15.9. The highest BCUT2D eigenvalue weighted by atomic mass is 32.2. The second-order valence-corrected chi connectivity index (χ2v) is 18.0. The van der Waals surface area contributed by atoms with Crippen molar-refractivity contribution in [1.29, 1.82) is 0 Å². The first kappa shape index (κ1) is 41.9. The number of nitrogens with zero attached hydrogens (tertiary/aromatic N) is 2. The molecule has 19 heteroatoms. The number of hydrogen-bond acceptors (Lipinski definition) is 10. The number of halogens is 4. The number of benzene rings is 1. The van der Waals surface area contributed by atoms with Gasteiger partial charge in [0.25, 0.3) is 5.91 Å². The number of nitrogens with one attached hydrogen (secondary N) is 3. The molecule has 3 fully saturated rings. The van der Waals surface area contributed by atoms with E-state index in [4.69, 9.17) is 9.47 Å². The zero-order chi connectivity index (χ0) is 41.5. The quantitative estimate of drug-likeness (QED) is 0.238. The van der Waals surface area contributed by atoms with Crippen LogP contribution < -0.4 is 24.8 Å². The van der Waals surface area contributed by atoms with Crippen LogP contribution in [0.25, 0.3) is 10.8 Å². The molecule has 312 valence electrons. The molecule has 6 rings (SSSR count). The van der Waals surface area contributed by atoms with Gasteiger partial charge in [-0.2, -0.15) is 13.2 Å². The number of alkyl carbamates (subject to hydrolysis) is 1. The van der Waals surface area contributed by atoms with Gasteiger partial charge in [0.15, 0.2) is 18.2 Å². The van der Waals surface area contributed by atoms with Gasteiger partial charge in [-0.05, 0) is 87.8 Å². The molecule has 4 aliphatic rings. The third-order valence-electron chi connectivity index (χ3n) is 11.2. The number of allylic oxidation sites excluding steroid dienone is 1. The molecule has 0 unspecified atom stereocenters. The first-order valence-electron chi connectivity index (χ1n) is 19.0. The highest BCUT2D eigenvalue weighted by Gasteiger charge is 2.63. The Labute approximate surface area is 327 Å². The van der Waals surface area contributed by atoms with Crippen molar-refractivity contribution in [3.63, 3.8) is 0 Å². The summed E-state index contributed by atoms with van der Waals surface area (Å²) in [5.41, 5.74) is -1.68. The van der Waals surface area contributed by atoms with Crippen molar-refractivity contribution in [2.45, 2.75) is 107 Å². The van der Waals surface area contributed by atoms with Crippen LogP contribution in [0.15, 0.2) is 36.5 Å². The highest BCUT2D eigenvalue weighted by molar-refractivity contribution is 7.91. The van der Waals surface area contributed by atoms with Crippen LogP contribution in [0.4, 0.5) is 22.4 Å². The van der Waals surface area contributed by atoms with Crippen LogP contribution in [0.2, 0.25) is 0 Å². The standard InChI is InChI=1S/C38H47F4N5O9S/c1-5-54-29-15-23-10-13-43-32(26(23)17-27(29)39)56-25-16-28-31(48)45-37(34(50)46-57(52,53)36(4)11-12-36)18-24(37)9-7-6-8-21(2)14-22(3)30(33(49)47(28)19-25)44-35(51)55-20-38(40,41)42/h7,9-10,13,15,17,21-22,24-25,28,30H,5-6,8,11-12,14,16,18-20H2,1-4H3,(H,44,51)(H,45,48)(H,46,50)/b9-7-/t21-,22+,24+,25+,28-,30-,37+/m0/s1. The topological polar surface area (TPSA) is 182 Å². The lowest BCUT2D eigenvalue weighted by molar-refractivity contribution is -0.160. The lowest BCUT2D eigenvalue weighted by Crippen LogP contribution is -2.59. The maximum atomic E-state index is 15.0. The minimum absolute atomic E-state index is 0.0113. The molecule has 0 bridgehead atoms. The number of aromatic nitrogens is 1. The molecule has 2 saturated carbocycles. The average molecular weight is 826 g/mol. The number of hydrogen-bond donors (Lipinski definition) is 3. The molecule has 7 atom stereocenters. The van der Waals surface area contributed by atoms with Gasteiger partial charge in [-0.15, -0.1) is 0 Å². The number of fused-ring (bicyclic) bond motifs is 3. The smallest absolute Gasteiger partial charge is 0.422 e. The maximum Gasteiger partial charge on any atom is 0.422 e. The van der Waals surface area contributed by atoms with Crippen LogP contribution in [-0.2, 0) is 29.1 Å². The van der Waals surface area contributed by atoms with Crippen molar-refractivity contribution in [1.82, 2.24) is 25.2 Å². The molecule has 4 amide bonds. The number of rotatable bonds is 9. The number of alkyl halides is 3. The molecule has 1 saturated heterocycles. The third kappa shape index (κ3) is 9.23. The van der Waals surface area contributed by atoms with Crippen molar-refractivity contribution in [2.24, 2.45) is 17.8 Å². The summed E-state index contributed by atoms with van der Waals surface area (Å²) in [6.07, 6.45) is -0.214. The van der Waals surface area contributed by atoms with Crippen molar-refractivity contribution in [3.05, 3.63) is 42.4 Å². The molecule has 1 aromatic carbocycles. The Morgan fingerprint density at radius 3 is 2.56 bits per heavy atom. The van der Waals surface area contributed by atoms with Crippen LogP contribution in [0.5, 0.6) is 11.6 Å². The van der Waals surface area contributed by atoms with E-state index in [0.29, 0.717) is 37.5 Å². The van der Waals surface area contributed by atoms with E-state index in [-0.39, 0.29) is 48.9 Å².